The molecule has 1 aromatic carbocycles. The minimum atomic E-state index is -0.192. The fourth-order valence-electron chi connectivity index (χ4n) is 3.32. The lowest BCUT2D eigenvalue weighted by molar-refractivity contribution is 0.770. The third-order valence-electron chi connectivity index (χ3n) is 4.67. The van der Waals surface area contributed by atoms with Crippen LogP contribution >= 0.6 is 15.9 Å². The summed E-state index contributed by atoms with van der Waals surface area (Å²) >= 11 is 3.41. The van der Waals surface area contributed by atoms with Gasteiger partial charge in [0.25, 0.3) is 5.56 Å². The highest BCUT2D eigenvalue weighted by Gasteiger charge is 2.11. The molecular weight excluding hydrogens is 418 g/mol. The van der Waals surface area contributed by atoms with E-state index in [4.69, 9.17) is 0 Å². The van der Waals surface area contributed by atoms with E-state index in [1.54, 1.807) is 31.6 Å². The van der Waals surface area contributed by atoms with E-state index in [1.165, 1.54) is 4.68 Å². The molecule has 140 valence electrons. The van der Waals surface area contributed by atoms with Gasteiger partial charge in [-0.1, -0.05) is 15.9 Å². The number of aryl methyl sites for hydroxylation is 2. The smallest absolute Gasteiger partial charge is 0.282 e. The van der Waals surface area contributed by atoms with Gasteiger partial charge in [0, 0.05) is 39.5 Å². The SMILES string of the molecule is Cc1cc(C=Nn2c(C)nc3ccc(Br)cc3c2=O)c(C)n1-c1ccncc1. The molecule has 0 bridgehead atoms. The van der Waals surface area contributed by atoms with Gasteiger partial charge < -0.3 is 4.57 Å². The van der Waals surface area contributed by atoms with Gasteiger partial charge in [-0.15, -0.1) is 0 Å². The zero-order valence-electron chi connectivity index (χ0n) is 15.7. The molecule has 6 nitrogen and oxygen atoms in total. The second-order valence-corrected chi connectivity index (χ2v) is 7.46. The molecule has 0 saturated heterocycles. The second-order valence-electron chi connectivity index (χ2n) is 6.55. The summed E-state index contributed by atoms with van der Waals surface area (Å²) in [5, 5.41) is 4.97. The Morgan fingerprint density at radius 2 is 1.82 bits per heavy atom. The molecule has 0 unspecified atom stereocenters. The van der Waals surface area contributed by atoms with Gasteiger partial charge in [0.05, 0.1) is 17.1 Å². The molecule has 0 aliphatic heterocycles. The quantitative estimate of drug-likeness (QED) is 0.454. The topological polar surface area (TPSA) is 65.1 Å². The maximum Gasteiger partial charge on any atom is 0.282 e. The molecule has 28 heavy (non-hydrogen) atoms. The van der Waals surface area contributed by atoms with Gasteiger partial charge >= 0.3 is 0 Å². The summed E-state index contributed by atoms with van der Waals surface area (Å²) in [5.41, 5.74) is 4.56. The van der Waals surface area contributed by atoms with Crippen molar-refractivity contribution >= 4 is 33.0 Å². The standard InChI is InChI=1S/C21H18BrN5O/c1-13-10-16(14(2)26(13)18-6-8-23-9-7-18)12-24-27-15(3)25-20-5-4-17(22)11-19(20)21(27)28/h4-12H,1-3H3. The van der Waals surface area contributed by atoms with Crippen LogP contribution in [0.1, 0.15) is 22.8 Å². The van der Waals surface area contributed by atoms with Crippen LogP contribution in [0.4, 0.5) is 0 Å². The van der Waals surface area contributed by atoms with Crippen LogP contribution in [0, 0.1) is 20.8 Å². The van der Waals surface area contributed by atoms with Crippen molar-refractivity contribution in [2.75, 3.05) is 0 Å². The Bertz CT molecular complexity index is 1270. The Morgan fingerprint density at radius 1 is 1.07 bits per heavy atom. The molecular formula is C21H18BrN5O. The zero-order chi connectivity index (χ0) is 19.8. The van der Waals surface area contributed by atoms with Crippen LogP contribution in [0.25, 0.3) is 16.6 Å². The van der Waals surface area contributed by atoms with E-state index < -0.39 is 0 Å². The first-order valence-corrected chi connectivity index (χ1v) is 9.57. The molecule has 4 aromatic rings. The molecule has 7 heteroatoms. The monoisotopic (exact) mass is 435 g/mol. The molecule has 0 spiro atoms. The maximum atomic E-state index is 12.9. The first-order chi connectivity index (χ1) is 13.5. The molecule has 4 rings (SSSR count). The Morgan fingerprint density at radius 3 is 2.57 bits per heavy atom. The normalized spacial score (nSPS) is 11.6. The van der Waals surface area contributed by atoms with Crippen LogP contribution in [-0.2, 0) is 0 Å². The first kappa shape index (κ1) is 18.3. The van der Waals surface area contributed by atoms with Crippen molar-refractivity contribution in [2.45, 2.75) is 20.8 Å². The van der Waals surface area contributed by atoms with E-state index >= 15 is 0 Å². The highest BCUT2D eigenvalue weighted by molar-refractivity contribution is 9.10. The highest BCUT2D eigenvalue weighted by atomic mass is 79.9. The Hall–Kier alpha value is -3.06. The van der Waals surface area contributed by atoms with Gasteiger partial charge in [0.15, 0.2) is 0 Å². The summed E-state index contributed by atoms with van der Waals surface area (Å²) in [7, 11) is 0. The lowest BCUT2D eigenvalue weighted by Gasteiger charge is -2.09. The lowest BCUT2D eigenvalue weighted by Crippen LogP contribution is -2.20. The van der Waals surface area contributed by atoms with E-state index in [0.29, 0.717) is 16.7 Å². The molecule has 3 aromatic heterocycles. The maximum absolute atomic E-state index is 12.9. The minimum absolute atomic E-state index is 0.192. The van der Waals surface area contributed by atoms with E-state index in [1.807, 2.05) is 44.2 Å². The van der Waals surface area contributed by atoms with Gasteiger partial charge in [-0.3, -0.25) is 9.78 Å². The van der Waals surface area contributed by atoms with Crippen LogP contribution in [0.3, 0.4) is 0 Å². The first-order valence-electron chi connectivity index (χ1n) is 8.78. The average Bonchev–Trinajstić information content (AvgIpc) is 2.96. The van der Waals surface area contributed by atoms with Crippen LogP contribution in [0.5, 0.6) is 0 Å². The molecule has 3 heterocycles. The van der Waals surface area contributed by atoms with E-state index in [-0.39, 0.29) is 5.56 Å². The second kappa shape index (κ2) is 7.16. The van der Waals surface area contributed by atoms with Gasteiger partial charge in [0.1, 0.15) is 5.82 Å². The molecule has 0 aliphatic rings. The van der Waals surface area contributed by atoms with E-state index in [9.17, 15) is 4.79 Å². The van der Waals surface area contributed by atoms with Crippen LogP contribution < -0.4 is 5.56 Å². The number of hydrogen-bond donors (Lipinski definition) is 0. The predicted molar refractivity (Wildman–Crippen MR) is 114 cm³/mol. The van der Waals surface area contributed by atoms with Crippen molar-refractivity contribution in [1.82, 2.24) is 19.2 Å². The molecule has 0 atom stereocenters. The molecule has 0 aliphatic carbocycles. The Kier molecular flexibility index (Phi) is 4.68. The van der Waals surface area contributed by atoms with E-state index in [2.05, 4.69) is 35.6 Å². The summed E-state index contributed by atoms with van der Waals surface area (Å²) in [6.45, 7) is 5.85. The third kappa shape index (κ3) is 3.18. The molecule has 0 N–H and O–H groups in total. The number of pyridine rings is 1. The number of rotatable bonds is 3. The summed E-state index contributed by atoms with van der Waals surface area (Å²) in [5.74, 6) is 0.541. The predicted octanol–water partition coefficient (Wildman–Crippen LogP) is 4.15. The highest BCUT2D eigenvalue weighted by Crippen LogP contribution is 2.19. The van der Waals surface area contributed by atoms with Crippen molar-refractivity contribution < 1.29 is 0 Å². The summed E-state index contributed by atoms with van der Waals surface area (Å²) in [4.78, 5) is 21.5. The van der Waals surface area contributed by atoms with Gasteiger partial charge in [-0.05, 0) is 57.2 Å². The van der Waals surface area contributed by atoms with Crippen molar-refractivity contribution in [3.63, 3.8) is 0 Å². The van der Waals surface area contributed by atoms with Gasteiger partial charge in [0.2, 0.25) is 0 Å². The van der Waals surface area contributed by atoms with E-state index in [0.717, 1.165) is 27.1 Å². The van der Waals surface area contributed by atoms with Crippen molar-refractivity contribution in [1.29, 1.82) is 0 Å². The number of benzene rings is 1. The molecule has 0 saturated carbocycles. The van der Waals surface area contributed by atoms with Crippen LogP contribution in [0.2, 0.25) is 0 Å². The van der Waals surface area contributed by atoms with Crippen molar-refractivity contribution in [2.24, 2.45) is 5.10 Å². The van der Waals surface area contributed by atoms with Crippen LogP contribution in [0.15, 0.2) is 63.2 Å². The number of nitrogens with zero attached hydrogens (tertiary/aromatic N) is 5. The summed E-state index contributed by atoms with van der Waals surface area (Å²) in [6.07, 6.45) is 5.24. The number of halogens is 1. The fourth-order valence-corrected chi connectivity index (χ4v) is 3.69. The number of hydrogen-bond acceptors (Lipinski definition) is 4. The average molecular weight is 436 g/mol. The summed E-state index contributed by atoms with van der Waals surface area (Å²) < 4.78 is 4.31. The van der Waals surface area contributed by atoms with Crippen molar-refractivity contribution in [3.05, 3.63) is 86.4 Å². The molecule has 0 radical (unpaired) electrons. The number of fused-ring (bicyclic) bond motifs is 1. The van der Waals surface area contributed by atoms with Gasteiger partial charge in [-0.2, -0.15) is 9.78 Å². The molecule has 0 amide bonds. The third-order valence-corrected chi connectivity index (χ3v) is 5.17. The molecule has 0 fully saturated rings. The van der Waals surface area contributed by atoms with Crippen LogP contribution in [-0.4, -0.2) is 25.4 Å². The van der Waals surface area contributed by atoms with Gasteiger partial charge in [-0.25, -0.2) is 4.98 Å². The van der Waals surface area contributed by atoms with Crippen molar-refractivity contribution in [3.8, 4) is 5.69 Å². The largest absolute Gasteiger partial charge is 0.318 e. The zero-order valence-corrected chi connectivity index (χ0v) is 17.3. The fraction of sp³-hybridized carbons (Fsp3) is 0.143. The Labute approximate surface area is 170 Å². The lowest BCUT2D eigenvalue weighted by atomic mass is 10.2. The minimum Gasteiger partial charge on any atom is -0.318 e. The summed E-state index contributed by atoms with van der Waals surface area (Å²) in [6, 6.07) is 11.4. The Balaban J connectivity index is 1.80. The number of aromatic nitrogens is 4.